The Morgan fingerprint density at radius 1 is 1.27 bits per heavy atom. The van der Waals surface area contributed by atoms with Gasteiger partial charge in [0.2, 0.25) is 5.91 Å². The van der Waals surface area contributed by atoms with E-state index in [1.807, 2.05) is 18.2 Å². The number of hydrogen-bond acceptors (Lipinski definition) is 6. The molecule has 4 heterocycles. The maximum atomic E-state index is 12.7. The largest absolute Gasteiger partial charge is 0.376 e. The van der Waals surface area contributed by atoms with Crippen molar-refractivity contribution < 1.29 is 9.53 Å². The Hall–Kier alpha value is -2.22. The van der Waals surface area contributed by atoms with Crippen LogP contribution < -0.4 is 16.0 Å². The second-order valence-electron chi connectivity index (χ2n) is 9.88. The van der Waals surface area contributed by atoms with E-state index in [1.165, 1.54) is 0 Å². The molecule has 0 spiro atoms. The number of amides is 1. The molecule has 1 amide bonds. The molecule has 0 bridgehead atoms. The van der Waals surface area contributed by atoms with Crippen LogP contribution in [0.25, 0.3) is 11.3 Å². The number of nitrogens with zero attached hydrogens (tertiary/aromatic N) is 2. The highest BCUT2D eigenvalue weighted by Gasteiger charge is 2.28. The number of piperidine rings is 1. The van der Waals surface area contributed by atoms with Gasteiger partial charge < -0.3 is 20.7 Å². The van der Waals surface area contributed by atoms with Gasteiger partial charge in [-0.3, -0.25) is 4.79 Å². The SMILES string of the molecule is C[C@@H]1CC[C@@H](C(=O)Nc2cc(-c3cccc(NC[C@@H]4CCOC(C)(C)C4)n3)c(Cl)cn2)CN1. The monoisotopic (exact) mass is 471 g/mol. The summed E-state index contributed by atoms with van der Waals surface area (Å²) in [7, 11) is 0. The molecule has 8 heteroatoms. The fourth-order valence-corrected chi connectivity index (χ4v) is 4.82. The van der Waals surface area contributed by atoms with E-state index in [9.17, 15) is 4.79 Å². The zero-order chi connectivity index (χ0) is 23.4. The van der Waals surface area contributed by atoms with Gasteiger partial charge in [-0.1, -0.05) is 17.7 Å². The van der Waals surface area contributed by atoms with Gasteiger partial charge in [0.25, 0.3) is 0 Å². The average molecular weight is 472 g/mol. The van der Waals surface area contributed by atoms with Gasteiger partial charge in [-0.25, -0.2) is 9.97 Å². The number of carbonyl (C=O) groups is 1. The molecule has 2 aliphatic heterocycles. The molecule has 0 saturated carbocycles. The first-order valence-corrected chi connectivity index (χ1v) is 12.2. The zero-order valence-corrected chi connectivity index (χ0v) is 20.4. The molecule has 2 fully saturated rings. The number of pyridine rings is 2. The van der Waals surface area contributed by atoms with Crippen molar-refractivity contribution in [2.75, 3.05) is 30.3 Å². The van der Waals surface area contributed by atoms with Crippen LogP contribution in [0.4, 0.5) is 11.6 Å². The van der Waals surface area contributed by atoms with Crippen molar-refractivity contribution in [3.63, 3.8) is 0 Å². The molecular formula is C25H34ClN5O2. The van der Waals surface area contributed by atoms with Gasteiger partial charge in [0.05, 0.1) is 22.2 Å². The van der Waals surface area contributed by atoms with E-state index in [1.54, 1.807) is 12.3 Å². The van der Waals surface area contributed by atoms with Crippen molar-refractivity contribution in [3.8, 4) is 11.3 Å². The van der Waals surface area contributed by atoms with E-state index in [2.05, 4.69) is 41.7 Å². The molecule has 178 valence electrons. The summed E-state index contributed by atoms with van der Waals surface area (Å²) in [5.41, 5.74) is 1.41. The number of rotatable bonds is 6. The normalized spacial score (nSPS) is 24.8. The van der Waals surface area contributed by atoms with Crippen molar-refractivity contribution >= 4 is 29.1 Å². The third-order valence-electron chi connectivity index (χ3n) is 6.53. The first-order valence-electron chi connectivity index (χ1n) is 11.8. The van der Waals surface area contributed by atoms with Crippen LogP contribution >= 0.6 is 11.6 Å². The van der Waals surface area contributed by atoms with Crippen LogP contribution in [-0.2, 0) is 9.53 Å². The van der Waals surface area contributed by atoms with Crippen LogP contribution in [-0.4, -0.2) is 47.2 Å². The van der Waals surface area contributed by atoms with E-state index in [4.69, 9.17) is 21.3 Å². The summed E-state index contributed by atoms with van der Waals surface area (Å²) in [6, 6.07) is 8.10. The van der Waals surface area contributed by atoms with E-state index in [0.717, 1.165) is 55.9 Å². The topological polar surface area (TPSA) is 88.2 Å². The van der Waals surface area contributed by atoms with E-state index >= 15 is 0 Å². The predicted molar refractivity (Wildman–Crippen MR) is 133 cm³/mol. The summed E-state index contributed by atoms with van der Waals surface area (Å²) in [6.45, 7) is 8.76. The van der Waals surface area contributed by atoms with Crippen LogP contribution in [0.5, 0.6) is 0 Å². The maximum absolute atomic E-state index is 12.7. The minimum Gasteiger partial charge on any atom is -0.376 e. The fraction of sp³-hybridized carbons (Fsp3) is 0.560. The average Bonchev–Trinajstić information content (AvgIpc) is 2.79. The molecule has 4 rings (SSSR count). The third kappa shape index (κ3) is 6.43. The molecule has 2 aliphatic rings. The summed E-state index contributed by atoms with van der Waals surface area (Å²) < 4.78 is 5.82. The summed E-state index contributed by atoms with van der Waals surface area (Å²) in [5, 5.41) is 10.3. The lowest BCUT2D eigenvalue weighted by Crippen LogP contribution is -2.41. The Labute approximate surface area is 201 Å². The molecule has 2 aromatic heterocycles. The lowest BCUT2D eigenvalue weighted by atomic mass is 9.88. The second-order valence-corrected chi connectivity index (χ2v) is 10.3. The first kappa shape index (κ1) is 23.9. The summed E-state index contributed by atoms with van der Waals surface area (Å²) in [4.78, 5) is 21.8. The number of nitrogens with one attached hydrogen (secondary N) is 3. The highest BCUT2D eigenvalue weighted by atomic mass is 35.5. The van der Waals surface area contributed by atoms with Crippen LogP contribution in [0.1, 0.15) is 46.5 Å². The Kier molecular flexibility index (Phi) is 7.51. The van der Waals surface area contributed by atoms with Crippen molar-refractivity contribution in [2.45, 2.75) is 58.1 Å². The van der Waals surface area contributed by atoms with Gasteiger partial charge in [0, 0.05) is 37.5 Å². The minimum atomic E-state index is -0.0722. The number of carbonyl (C=O) groups excluding carboxylic acids is 1. The Balaban J connectivity index is 1.42. The van der Waals surface area contributed by atoms with Crippen LogP contribution in [0.3, 0.4) is 0 Å². The molecule has 0 aliphatic carbocycles. The summed E-state index contributed by atoms with van der Waals surface area (Å²) in [6.07, 6.45) is 5.51. The highest BCUT2D eigenvalue weighted by molar-refractivity contribution is 6.33. The van der Waals surface area contributed by atoms with E-state index in [0.29, 0.717) is 29.3 Å². The van der Waals surface area contributed by atoms with Gasteiger partial charge in [0.15, 0.2) is 0 Å². The maximum Gasteiger partial charge on any atom is 0.229 e. The lowest BCUT2D eigenvalue weighted by molar-refractivity contribution is -0.120. The number of ether oxygens (including phenoxy) is 1. The molecule has 7 nitrogen and oxygen atoms in total. The Morgan fingerprint density at radius 3 is 2.88 bits per heavy atom. The van der Waals surface area contributed by atoms with E-state index in [-0.39, 0.29) is 17.4 Å². The zero-order valence-electron chi connectivity index (χ0n) is 19.7. The van der Waals surface area contributed by atoms with Gasteiger partial charge >= 0.3 is 0 Å². The molecule has 3 N–H and O–H groups in total. The van der Waals surface area contributed by atoms with Gasteiger partial charge in [-0.2, -0.15) is 0 Å². The molecule has 2 saturated heterocycles. The van der Waals surface area contributed by atoms with Crippen molar-refractivity contribution in [1.29, 1.82) is 0 Å². The molecule has 33 heavy (non-hydrogen) atoms. The molecule has 3 atom stereocenters. The highest BCUT2D eigenvalue weighted by Crippen LogP contribution is 2.31. The summed E-state index contributed by atoms with van der Waals surface area (Å²) >= 11 is 6.46. The van der Waals surface area contributed by atoms with Gasteiger partial charge in [0.1, 0.15) is 11.6 Å². The van der Waals surface area contributed by atoms with E-state index < -0.39 is 0 Å². The second kappa shape index (κ2) is 10.4. The fourth-order valence-electron chi connectivity index (χ4n) is 4.62. The molecule has 2 aromatic rings. The van der Waals surface area contributed by atoms with Crippen molar-refractivity contribution in [2.24, 2.45) is 11.8 Å². The lowest BCUT2D eigenvalue weighted by Gasteiger charge is -2.35. The standard InChI is InChI=1S/C25H34ClN5O2/c1-16-7-8-18(14-27-16)24(32)31-23-11-19(20(26)15-29-23)21-5-4-6-22(30-21)28-13-17-9-10-33-25(2,3)12-17/h4-6,11,15-18,27H,7-10,12-14H2,1-3H3,(H,28,30)(H,29,31,32)/t16-,17-,18-/m1/s1. The number of aromatic nitrogens is 2. The van der Waals surface area contributed by atoms with Crippen LogP contribution in [0.15, 0.2) is 30.5 Å². The van der Waals surface area contributed by atoms with Crippen LogP contribution in [0, 0.1) is 11.8 Å². The minimum absolute atomic E-state index is 0.0158. The number of hydrogen-bond donors (Lipinski definition) is 3. The predicted octanol–water partition coefficient (Wildman–Crippen LogP) is 4.74. The Morgan fingerprint density at radius 2 is 2.12 bits per heavy atom. The first-order chi connectivity index (χ1) is 15.8. The van der Waals surface area contributed by atoms with Crippen molar-refractivity contribution in [3.05, 3.63) is 35.5 Å². The van der Waals surface area contributed by atoms with Gasteiger partial charge in [-0.15, -0.1) is 0 Å². The molecule has 0 unspecified atom stereocenters. The van der Waals surface area contributed by atoms with Crippen LogP contribution in [0.2, 0.25) is 5.02 Å². The molecule has 0 aromatic carbocycles. The molecule has 0 radical (unpaired) electrons. The quantitative estimate of drug-likeness (QED) is 0.564. The van der Waals surface area contributed by atoms with Gasteiger partial charge in [-0.05, 0) is 70.6 Å². The molecular weight excluding hydrogens is 438 g/mol. The Bertz CT molecular complexity index is 975. The van der Waals surface area contributed by atoms with Crippen molar-refractivity contribution in [1.82, 2.24) is 15.3 Å². The smallest absolute Gasteiger partial charge is 0.229 e. The number of halogens is 1. The third-order valence-corrected chi connectivity index (χ3v) is 6.84. The summed E-state index contributed by atoms with van der Waals surface area (Å²) in [5.74, 6) is 1.77. The number of anilines is 2.